The fourth-order valence-electron chi connectivity index (χ4n) is 2.64. The van der Waals surface area contributed by atoms with Crippen molar-refractivity contribution in [3.8, 4) is 0 Å². The van der Waals surface area contributed by atoms with Crippen LogP contribution in [-0.4, -0.2) is 30.7 Å². The predicted molar refractivity (Wildman–Crippen MR) is 109 cm³/mol. The quantitative estimate of drug-likeness (QED) is 0.0910. The van der Waals surface area contributed by atoms with Gasteiger partial charge in [-0.2, -0.15) is 0 Å². The first kappa shape index (κ1) is 29.5. The van der Waals surface area contributed by atoms with E-state index in [1.807, 2.05) is 19.4 Å². The number of hydrogen-bond acceptors (Lipinski definition) is 0. The van der Waals surface area contributed by atoms with Crippen molar-refractivity contribution in [3.05, 3.63) is 6.65 Å². The second kappa shape index (κ2) is 23.7. The van der Waals surface area contributed by atoms with Crippen molar-refractivity contribution in [1.82, 2.24) is 0 Å². The van der Waals surface area contributed by atoms with Crippen molar-refractivity contribution >= 4 is 38.2 Å². The van der Waals surface area contributed by atoms with E-state index in [-0.39, 0.29) is 0 Å². The second-order valence-corrected chi connectivity index (χ2v) is 23.9. The average molecular weight is 663 g/mol. The Morgan fingerprint density at radius 3 is 1.04 bits per heavy atom. The second-order valence-electron chi connectivity index (χ2n) is 5.79. The van der Waals surface area contributed by atoms with Gasteiger partial charge in [-0.25, -0.2) is 0 Å². The molecule has 2 nitrogen and oxygen atoms in total. The van der Waals surface area contributed by atoms with Gasteiger partial charge in [0.2, 0.25) is 0 Å². The van der Waals surface area contributed by atoms with E-state index in [2.05, 4.69) is 34.3 Å². The summed E-state index contributed by atoms with van der Waals surface area (Å²) in [7, 11) is 10.4. The summed E-state index contributed by atoms with van der Waals surface area (Å²) < 4.78 is 8.92. The summed E-state index contributed by atoms with van der Waals surface area (Å²) in [6.45, 7) is 19.5. The zero-order chi connectivity index (χ0) is 18.6. The zero-order valence-electron chi connectivity index (χ0n) is 15.3. The number of quaternary nitrogens is 1. The third-order valence-corrected chi connectivity index (χ3v) is 3.94. The average Bonchev–Trinajstić information content (AvgIpc) is 2.55. The molecule has 23 heavy (non-hydrogen) atoms. The maximum atomic E-state index is 7.50. The summed E-state index contributed by atoms with van der Waals surface area (Å²) in [4.78, 5) is 0. The number of nitrogens with zero attached hydrogens (tertiary/aromatic N) is 1. The summed E-state index contributed by atoms with van der Waals surface area (Å²) in [6.07, 6.45) is 11.1. The van der Waals surface area contributed by atoms with Gasteiger partial charge in [-0.1, -0.05) is 53.4 Å². The number of hydrogen-bond donors (Lipinski definition) is 0. The van der Waals surface area contributed by atoms with Crippen LogP contribution in [0, 0.1) is 6.65 Å². The van der Waals surface area contributed by atoms with E-state index in [0.717, 1.165) is 0 Å². The van der Waals surface area contributed by atoms with E-state index in [9.17, 15) is 0 Å². The van der Waals surface area contributed by atoms with Crippen LogP contribution in [0.1, 0.15) is 79.1 Å². The van der Waals surface area contributed by atoms with E-state index in [1.54, 1.807) is 0 Å². The van der Waals surface area contributed by atoms with Crippen molar-refractivity contribution in [2.75, 3.05) is 26.2 Å². The summed E-state index contributed by atoms with van der Waals surface area (Å²) >= 11 is 0.678. The van der Waals surface area contributed by atoms with E-state index < -0.39 is 11.5 Å². The first-order valence-corrected chi connectivity index (χ1v) is 20.7. The molecule has 0 atom stereocenters. The standard InChI is InChI=1S/C16H36N.CO.2ClH.HI.Pt/c1-5-9-13-17(14-10-6-2,15-11-7-3)16-12-8-4;1-2;;;;/h5-16H2,1-4H3;;3*1H;/q+1;;;;;+3/p-3. The van der Waals surface area contributed by atoms with E-state index >= 15 is 0 Å². The minimum absolute atomic E-state index is 1.35. The Morgan fingerprint density at radius 2 is 0.913 bits per heavy atom. The third-order valence-electron chi connectivity index (χ3n) is 3.94. The van der Waals surface area contributed by atoms with Crippen molar-refractivity contribution in [2.24, 2.45) is 0 Å². The molecule has 0 fully saturated rings. The molecule has 0 aliphatic rings. The molecule has 0 radical (unpaired) electrons. The van der Waals surface area contributed by atoms with Crippen molar-refractivity contribution in [3.63, 3.8) is 0 Å². The van der Waals surface area contributed by atoms with Gasteiger partial charge in [-0.05, 0) is 25.7 Å². The Bertz CT molecular complexity index is 204. The maximum absolute atomic E-state index is 7.50. The Balaban J connectivity index is -0.000000574. The Labute approximate surface area is 169 Å². The first-order valence-electron chi connectivity index (χ1n) is 8.66. The molecule has 0 amide bonds. The van der Waals surface area contributed by atoms with Gasteiger partial charge in [0, 0.05) is 0 Å². The summed E-state index contributed by atoms with van der Waals surface area (Å²) in [6, 6.07) is 0. The van der Waals surface area contributed by atoms with Gasteiger partial charge in [0.1, 0.15) is 0 Å². The molecular formula is C17H36Cl2INOPt+. The van der Waals surface area contributed by atoms with E-state index in [0.29, 0.717) is 0 Å². The van der Waals surface area contributed by atoms with Crippen LogP contribution in [0.15, 0.2) is 0 Å². The van der Waals surface area contributed by atoms with Crippen LogP contribution in [-0.2, 0) is 16.2 Å². The summed E-state index contributed by atoms with van der Waals surface area (Å²) in [5, 5.41) is 0. The summed E-state index contributed by atoms with van der Waals surface area (Å²) in [5.41, 5.74) is 0. The van der Waals surface area contributed by atoms with Gasteiger partial charge in [-0.3, -0.25) is 0 Å². The first-order chi connectivity index (χ1) is 11.0. The molecule has 0 saturated carbocycles. The minimum atomic E-state index is -1.35. The molecular weight excluding hydrogens is 627 g/mol. The van der Waals surface area contributed by atoms with Crippen molar-refractivity contribution in [1.29, 1.82) is 0 Å². The summed E-state index contributed by atoms with van der Waals surface area (Å²) in [5.74, 6) is 0. The SMILES string of the molecule is CCCC[N+](CCCC)(CCCC)CCCC.[C-]#[O+].[Cl][Pt]([Cl])[I]. The van der Waals surface area contributed by atoms with E-state index in [1.165, 1.54) is 82.0 Å². The van der Waals surface area contributed by atoms with Crippen LogP contribution < -0.4 is 0 Å². The molecule has 0 aliphatic carbocycles. The van der Waals surface area contributed by atoms with Crippen LogP contribution in [0.25, 0.3) is 0 Å². The van der Waals surface area contributed by atoms with Gasteiger partial charge >= 0.3 is 61.0 Å². The van der Waals surface area contributed by atoms with E-state index in [4.69, 9.17) is 23.5 Å². The molecule has 0 saturated heterocycles. The fraction of sp³-hybridized carbons (Fsp3) is 0.941. The monoisotopic (exact) mass is 662 g/mol. The fourth-order valence-corrected chi connectivity index (χ4v) is 2.64. The van der Waals surface area contributed by atoms with Crippen molar-refractivity contribution < 1.29 is 20.7 Å². The molecule has 0 N–H and O–H groups in total. The van der Waals surface area contributed by atoms with Crippen LogP contribution >= 0.6 is 38.2 Å². The molecule has 0 unspecified atom stereocenters. The number of halogens is 3. The molecule has 0 heterocycles. The Hall–Kier alpha value is 1.70. The normalized spacial score (nSPS) is 10.9. The molecule has 0 aromatic carbocycles. The Morgan fingerprint density at radius 1 is 0.739 bits per heavy atom. The molecule has 0 aromatic rings. The molecule has 0 bridgehead atoms. The molecule has 0 aliphatic heterocycles. The van der Waals surface area contributed by atoms with Gasteiger partial charge in [0.15, 0.2) is 0 Å². The molecule has 145 valence electrons. The zero-order valence-corrected chi connectivity index (χ0v) is 21.2. The number of unbranched alkanes of at least 4 members (excludes halogenated alkanes) is 4. The van der Waals surface area contributed by atoms with Gasteiger partial charge in [0.05, 0.1) is 26.2 Å². The van der Waals surface area contributed by atoms with Crippen LogP contribution in [0.5, 0.6) is 0 Å². The number of rotatable bonds is 12. The van der Waals surface area contributed by atoms with Crippen LogP contribution in [0.3, 0.4) is 0 Å². The molecule has 0 rings (SSSR count). The topological polar surface area (TPSA) is 19.9 Å². The Kier molecular flexibility index (Phi) is 30.4. The van der Waals surface area contributed by atoms with Crippen LogP contribution in [0.4, 0.5) is 0 Å². The van der Waals surface area contributed by atoms with Crippen LogP contribution in [0.2, 0.25) is 0 Å². The van der Waals surface area contributed by atoms with Gasteiger partial charge in [-0.15, -0.1) is 0 Å². The van der Waals surface area contributed by atoms with Gasteiger partial charge < -0.3 is 4.48 Å². The predicted octanol–water partition coefficient (Wildman–Crippen LogP) is 7.23. The molecule has 0 aromatic heterocycles. The van der Waals surface area contributed by atoms with Gasteiger partial charge in [0.25, 0.3) is 0 Å². The van der Waals surface area contributed by atoms with Crippen molar-refractivity contribution in [2.45, 2.75) is 79.1 Å². The third kappa shape index (κ3) is 23.7. The molecule has 6 heteroatoms. The molecule has 0 spiro atoms.